The molecule has 21 heavy (non-hydrogen) atoms. The maximum Gasteiger partial charge on any atom is 0.127 e. The van der Waals surface area contributed by atoms with Crippen molar-refractivity contribution in [2.75, 3.05) is 13.1 Å². The summed E-state index contributed by atoms with van der Waals surface area (Å²) < 4.78 is 5.78. The molecule has 1 fully saturated rings. The summed E-state index contributed by atoms with van der Waals surface area (Å²) in [5.74, 6) is 1.71. The first-order valence-corrected chi connectivity index (χ1v) is 7.60. The molecule has 0 aliphatic carbocycles. The van der Waals surface area contributed by atoms with Crippen LogP contribution >= 0.6 is 0 Å². The van der Waals surface area contributed by atoms with Crippen LogP contribution in [0.4, 0.5) is 0 Å². The molecule has 3 nitrogen and oxygen atoms in total. The Morgan fingerprint density at radius 1 is 0.762 bits per heavy atom. The van der Waals surface area contributed by atoms with Crippen molar-refractivity contribution < 1.29 is 9.57 Å². The van der Waals surface area contributed by atoms with E-state index in [0.29, 0.717) is 6.61 Å². The van der Waals surface area contributed by atoms with Crippen LogP contribution in [0.2, 0.25) is 0 Å². The number of nitrogens with zero attached hydrogens (tertiary/aromatic N) is 1. The smallest absolute Gasteiger partial charge is 0.127 e. The molecule has 0 bridgehead atoms. The average Bonchev–Trinajstić information content (AvgIpc) is 2.56. The normalized spacial score (nSPS) is 15.8. The Bertz CT molecular complexity index is 533. The third-order valence-corrected chi connectivity index (χ3v) is 3.63. The van der Waals surface area contributed by atoms with Crippen LogP contribution in [-0.2, 0) is 11.4 Å². The standard InChI is InChI=1S/C18H21NO2/c1-3-7-17(8-4-1)21-18-11-9-16(10-12-18)15-20-19-13-5-2-6-14-19/h1,3-4,7-12H,2,5-6,13-15H2. The van der Waals surface area contributed by atoms with Crippen molar-refractivity contribution in [3.8, 4) is 11.5 Å². The number of para-hydroxylation sites is 1. The average molecular weight is 283 g/mol. The fourth-order valence-electron chi connectivity index (χ4n) is 2.44. The molecule has 0 N–H and O–H groups in total. The number of hydrogen-bond donors (Lipinski definition) is 0. The summed E-state index contributed by atoms with van der Waals surface area (Å²) in [6.45, 7) is 2.73. The molecule has 1 heterocycles. The monoisotopic (exact) mass is 283 g/mol. The fraction of sp³-hybridized carbons (Fsp3) is 0.333. The van der Waals surface area contributed by atoms with E-state index in [4.69, 9.17) is 9.57 Å². The highest BCUT2D eigenvalue weighted by molar-refractivity contribution is 5.32. The van der Waals surface area contributed by atoms with E-state index in [1.807, 2.05) is 42.5 Å². The van der Waals surface area contributed by atoms with Crippen LogP contribution in [0.25, 0.3) is 0 Å². The zero-order valence-corrected chi connectivity index (χ0v) is 12.2. The van der Waals surface area contributed by atoms with E-state index in [1.54, 1.807) is 0 Å². The lowest BCUT2D eigenvalue weighted by Crippen LogP contribution is -2.29. The second kappa shape index (κ2) is 7.25. The van der Waals surface area contributed by atoms with Gasteiger partial charge in [-0.15, -0.1) is 0 Å². The van der Waals surface area contributed by atoms with E-state index in [2.05, 4.69) is 17.2 Å². The van der Waals surface area contributed by atoms with Crippen LogP contribution in [0.3, 0.4) is 0 Å². The number of ether oxygens (including phenoxy) is 1. The Balaban J connectivity index is 1.51. The maximum absolute atomic E-state index is 5.82. The third kappa shape index (κ3) is 4.31. The van der Waals surface area contributed by atoms with Gasteiger partial charge >= 0.3 is 0 Å². The summed E-state index contributed by atoms with van der Waals surface area (Å²) in [5, 5.41) is 2.08. The number of hydrogen-bond acceptors (Lipinski definition) is 3. The van der Waals surface area contributed by atoms with Gasteiger partial charge in [0.1, 0.15) is 11.5 Å². The van der Waals surface area contributed by atoms with E-state index in [1.165, 1.54) is 24.8 Å². The van der Waals surface area contributed by atoms with Gasteiger partial charge in [0.2, 0.25) is 0 Å². The fourth-order valence-corrected chi connectivity index (χ4v) is 2.44. The van der Waals surface area contributed by atoms with Crippen molar-refractivity contribution in [2.24, 2.45) is 0 Å². The quantitative estimate of drug-likeness (QED) is 0.812. The van der Waals surface area contributed by atoms with Crippen LogP contribution in [0.15, 0.2) is 54.6 Å². The molecule has 2 aromatic carbocycles. The second-order valence-electron chi connectivity index (χ2n) is 5.32. The van der Waals surface area contributed by atoms with Crippen molar-refractivity contribution in [1.82, 2.24) is 5.06 Å². The van der Waals surface area contributed by atoms with Crippen LogP contribution in [-0.4, -0.2) is 18.2 Å². The lowest BCUT2D eigenvalue weighted by Gasteiger charge is -2.25. The van der Waals surface area contributed by atoms with Crippen molar-refractivity contribution in [2.45, 2.75) is 25.9 Å². The Labute approximate surface area is 126 Å². The Morgan fingerprint density at radius 2 is 1.43 bits per heavy atom. The number of hydroxylamine groups is 2. The molecule has 0 radical (unpaired) electrons. The first-order valence-electron chi connectivity index (χ1n) is 7.60. The van der Waals surface area contributed by atoms with Crippen LogP contribution in [0, 0.1) is 0 Å². The molecule has 0 saturated carbocycles. The van der Waals surface area contributed by atoms with E-state index >= 15 is 0 Å². The molecule has 0 atom stereocenters. The Hall–Kier alpha value is -1.84. The van der Waals surface area contributed by atoms with E-state index in [0.717, 1.165) is 24.6 Å². The first kappa shape index (κ1) is 14.1. The molecule has 1 aliphatic rings. The number of piperidine rings is 1. The van der Waals surface area contributed by atoms with Crippen molar-refractivity contribution >= 4 is 0 Å². The number of benzene rings is 2. The summed E-state index contributed by atoms with van der Waals surface area (Å²) >= 11 is 0. The lowest BCUT2D eigenvalue weighted by molar-refractivity contribution is -0.178. The Morgan fingerprint density at radius 3 is 2.14 bits per heavy atom. The predicted octanol–water partition coefficient (Wildman–Crippen LogP) is 4.40. The van der Waals surface area contributed by atoms with Crippen LogP contribution < -0.4 is 4.74 Å². The van der Waals surface area contributed by atoms with Crippen LogP contribution in [0.5, 0.6) is 11.5 Å². The number of rotatable bonds is 5. The predicted molar refractivity (Wildman–Crippen MR) is 83.2 cm³/mol. The molecule has 3 rings (SSSR count). The highest BCUT2D eigenvalue weighted by Crippen LogP contribution is 2.21. The summed E-state index contributed by atoms with van der Waals surface area (Å²) in [4.78, 5) is 5.82. The van der Waals surface area contributed by atoms with Gasteiger partial charge in [-0.3, -0.25) is 4.84 Å². The van der Waals surface area contributed by atoms with Gasteiger partial charge in [-0.05, 0) is 42.7 Å². The van der Waals surface area contributed by atoms with Gasteiger partial charge in [0.25, 0.3) is 0 Å². The van der Waals surface area contributed by atoms with Gasteiger partial charge in [0.15, 0.2) is 0 Å². The van der Waals surface area contributed by atoms with Crippen molar-refractivity contribution in [3.05, 3.63) is 60.2 Å². The van der Waals surface area contributed by atoms with E-state index in [-0.39, 0.29) is 0 Å². The zero-order chi connectivity index (χ0) is 14.3. The summed E-state index contributed by atoms with van der Waals surface area (Å²) in [6.07, 6.45) is 3.80. The highest BCUT2D eigenvalue weighted by atomic mass is 16.7. The topological polar surface area (TPSA) is 21.7 Å². The second-order valence-corrected chi connectivity index (χ2v) is 5.32. The summed E-state index contributed by atoms with van der Waals surface area (Å²) in [7, 11) is 0. The molecule has 0 unspecified atom stereocenters. The Kier molecular flexibility index (Phi) is 4.87. The van der Waals surface area contributed by atoms with Gasteiger partial charge in [-0.25, -0.2) is 0 Å². The molecular weight excluding hydrogens is 262 g/mol. The van der Waals surface area contributed by atoms with Gasteiger partial charge in [-0.2, -0.15) is 5.06 Å². The zero-order valence-electron chi connectivity index (χ0n) is 12.2. The van der Waals surface area contributed by atoms with E-state index in [9.17, 15) is 0 Å². The molecule has 110 valence electrons. The molecule has 3 heteroatoms. The van der Waals surface area contributed by atoms with E-state index < -0.39 is 0 Å². The van der Waals surface area contributed by atoms with Crippen molar-refractivity contribution in [1.29, 1.82) is 0 Å². The molecule has 0 aromatic heterocycles. The summed E-state index contributed by atoms with van der Waals surface area (Å²) in [6, 6.07) is 17.9. The van der Waals surface area contributed by atoms with Gasteiger partial charge < -0.3 is 4.74 Å². The first-order chi connectivity index (χ1) is 10.4. The molecule has 0 amide bonds. The minimum atomic E-state index is 0.631. The maximum atomic E-state index is 5.82. The molecule has 1 saturated heterocycles. The minimum absolute atomic E-state index is 0.631. The van der Waals surface area contributed by atoms with Crippen LogP contribution in [0.1, 0.15) is 24.8 Å². The minimum Gasteiger partial charge on any atom is -0.457 e. The SMILES string of the molecule is c1ccc(Oc2ccc(CON3CCCCC3)cc2)cc1. The lowest BCUT2D eigenvalue weighted by atomic mass is 10.2. The van der Waals surface area contributed by atoms with Gasteiger partial charge in [-0.1, -0.05) is 36.8 Å². The molecule has 0 spiro atoms. The summed E-state index contributed by atoms with van der Waals surface area (Å²) in [5.41, 5.74) is 1.17. The molecular formula is C18H21NO2. The molecule has 1 aliphatic heterocycles. The van der Waals surface area contributed by atoms with Gasteiger partial charge in [0.05, 0.1) is 6.61 Å². The third-order valence-electron chi connectivity index (χ3n) is 3.63. The highest BCUT2D eigenvalue weighted by Gasteiger charge is 2.10. The van der Waals surface area contributed by atoms with Gasteiger partial charge in [0, 0.05) is 13.1 Å². The van der Waals surface area contributed by atoms with Crippen molar-refractivity contribution in [3.63, 3.8) is 0 Å². The largest absolute Gasteiger partial charge is 0.457 e. The molecule has 2 aromatic rings.